The maximum absolute atomic E-state index is 12.1. The number of carbonyl (C=O) groups excluding carboxylic acids is 1. The molecule has 0 radical (unpaired) electrons. The summed E-state index contributed by atoms with van der Waals surface area (Å²) < 4.78 is 7.08. The van der Waals surface area contributed by atoms with Crippen LogP contribution in [0.2, 0.25) is 0 Å². The van der Waals surface area contributed by atoms with Crippen LogP contribution in [-0.2, 0) is 19.5 Å². The number of nitrogens with one attached hydrogen (secondary N) is 2. The van der Waals surface area contributed by atoms with Crippen molar-refractivity contribution in [3.63, 3.8) is 0 Å². The van der Waals surface area contributed by atoms with E-state index in [1.165, 1.54) is 6.33 Å². The van der Waals surface area contributed by atoms with Crippen molar-refractivity contribution < 1.29 is 9.53 Å². The Hall–Kier alpha value is -3.35. The number of benzene rings is 2. The van der Waals surface area contributed by atoms with Gasteiger partial charge in [0.15, 0.2) is 0 Å². The third-order valence-electron chi connectivity index (χ3n) is 4.23. The highest BCUT2D eigenvalue weighted by atomic mass is 16.5. The third kappa shape index (κ3) is 5.31. The number of para-hydroxylation sites is 1. The molecule has 2 N–H and O–H groups in total. The summed E-state index contributed by atoms with van der Waals surface area (Å²) in [6, 6.07) is 15.6. The Labute approximate surface area is 158 Å². The minimum atomic E-state index is -0.194. The van der Waals surface area contributed by atoms with Crippen molar-refractivity contribution in [1.29, 1.82) is 0 Å². The van der Waals surface area contributed by atoms with Crippen LogP contribution in [0.3, 0.4) is 0 Å². The molecular formula is C20H23N5O2. The number of rotatable bonds is 8. The van der Waals surface area contributed by atoms with Gasteiger partial charge in [-0.2, -0.15) is 5.10 Å². The van der Waals surface area contributed by atoms with Gasteiger partial charge in [-0.15, -0.1) is 0 Å². The van der Waals surface area contributed by atoms with Crippen LogP contribution in [0.25, 0.3) is 0 Å². The van der Waals surface area contributed by atoms with Crippen molar-refractivity contribution in [2.24, 2.45) is 0 Å². The summed E-state index contributed by atoms with van der Waals surface area (Å²) in [7, 11) is 1.65. The van der Waals surface area contributed by atoms with Crippen LogP contribution in [-0.4, -0.2) is 34.5 Å². The van der Waals surface area contributed by atoms with Gasteiger partial charge < -0.3 is 15.4 Å². The number of methoxy groups -OCH3 is 1. The molecule has 0 fully saturated rings. The average Bonchev–Trinajstić information content (AvgIpc) is 3.21. The summed E-state index contributed by atoms with van der Waals surface area (Å²) in [4.78, 5) is 16.1. The smallest absolute Gasteiger partial charge is 0.315 e. The monoisotopic (exact) mass is 365 g/mol. The molecule has 1 heterocycles. The van der Waals surface area contributed by atoms with E-state index in [1.54, 1.807) is 18.1 Å². The average molecular weight is 365 g/mol. The zero-order valence-corrected chi connectivity index (χ0v) is 15.3. The van der Waals surface area contributed by atoms with Gasteiger partial charge in [-0.05, 0) is 29.2 Å². The zero-order chi connectivity index (χ0) is 18.9. The number of carbonyl (C=O) groups is 1. The van der Waals surface area contributed by atoms with Crippen LogP contribution in [0.15, 0.2) is 61.2 Å². The molecule has 0 aliphatic rings. The first-order valence-electron chi connectivity index (χ1n) is 8.79. The van der Waals surface area contributed by atoms with Gasteiger partial charge in [-0.25, -0.2) is 14.5 Å². The van der Waals surface area contributed by atoms with E-state index in [9.17, 15) is 4.79 Å². The third-order valence-corrected chi connectivity index (χ3v) is 4.23. The molecule has 0 bridgehead atoms. The van der Waals surface area contributed by atoms with E-state index < -0.39 is 0 Å². The molecule has 7 nitrogen and oxygen atoms in total. The van der Waals surface area contributed by atoms with E-state index in [0.29, 0.717) is 26.1 Å². The highest BCUT2D eigenvalue weighted by molar-refractivity contribution is 5.73. The molecule has 3 aromatic rings. The van der Waals surface area contributed by atoms with Crippen LogP contribution in [0.1, 0.15) is 16.7 Å². The van der Waals surface area contributed by atoms with E-state index in [0.717, 1.165) is 22.4 Å². The minimum Gasteiger partial charge on any atom is -0.496 e. The van der Waals surface area contributed by atoms with Crippen molar-refractivity contribution in [3.8, 4) is 5.75 Å². The van der Waals surface area contributed by atoms with Gasteiger partial charge in [0, 0.05) is 13.1 Å². The summed E-state index contributed by atoms with van der Waals surface area (Å²) in [6.07, 6.45) is 3.89. The topological polar surface area (TPSA) is 81.1 Å². The maximum Gasteiger partial charge on any atom is 0.315 e. The second-order valence-corrected chi connectivity index (χ2v) is 6.03. The fourth-order valence-corrected chi connectivity index (χ4v) is 2.83. The molecule has 27 heavy (non-hydrogen) atoms. The van der Waals surface area contributed by atoms with Gasteiger partial charge in [-0.1, -0.05) is 42.5 Å². The molecule has 140 valence electrons. The molecule has 0 spiro atoms. The first-order valence-corrected chi connectivity index (χ1v) is 8.79. The molecule has 0 aliphatic heterocycles. The predicted molar refractivity (Wildman–Crippen MR) is 103 cm³/mol. The normalized spacial score (nSPS) is 10.4. The highest BCUT2D eigenvalue weighted by Gasteiger charge is 2.06. The van der Waals surface area contributed by atoms with E-state index in [4.69, 9.17) is 4.74 Å². The fraction of sp³-hybridized carbons (Fsp3) is 0.250. The van der Waals surface area contributed by atoms with Gasteiger partial charge in [0.1, 0.15) is 18.4 Å². The Bertz CT molecular complexity index is 864. The summed E-state index contributed by atoms with van der Waals surface area (Å²) in [5.41, 5.74) is 3.21. The Kier molecular flexibility index (Phi) is 6.40. The molecular weight excluding hydrogens is 342 g/mol. The number of nitrogens with zero attached hydrogens (tertiary/aromatic N) is 3. The van der Waals surface area contributed by atoms with Crippen molar-refractivity contribution in [1.82, 2.24) is 25.4 Å². The Balaban J connectivity index is 1.48. The quantitative estimate of drug-likeness (QED) is 0.642. The zero-order valence-electron chi connectivity index (χ0n) is 15.3. The van der Waals surface area contributed by atoms with Gasteiger partial charge in [-0.3, -0.25) is 0 Å². The molecule has 0 unspecified atom stereocenters. The highest BCUT2D eigenvalue weighted by Crippen LogP contribution is 2.17. The molecule has 1 aromatic heterocycles. The molecule has 0 atom stereocenters. The van der Waals surface area contributed by atoms with E-state index >= 15 is 0 Å². The summed E-state index contributed by atoms with van der Waals surface area (Å²) >= 11 is 0. The molecule has 2 aromatic carbocycles. The molecule has 0 aliphatic carbocycles. The molecule has 2 amide bonds. The minimum absolute atomic E-state index is 0.194. The lowest BCUT2D eigenvalue weighted by molar-refractivity contribution is 0.240. The van der Waals surface area contributed by atoms with Gasteiger partial charge in [0.05, 0.1) is 13.7 Å². The summed E-state index contributed by atoms with van der Waals surface area (Å²) in [5.74, 6) is 0.835. The second kappa shape index (κ2) is 9.38. The van der Waals surface area contributed by atoms with E-state index in [2.05, 4.69) is 20.7 Å². The summed E-state index contributed by atoms with van der Waals surface area (Å²) in [6.45, 7) is 1.60. The molecule has 0 saturated heterocycles. The molecule has 3 rings (SSSR count). The first kappa shape index (κ1) is 18.4. The maximum atomic E-state index is 12.1. The van der Waals surface area contributed by atoms with Crippen molar-refractivity contribution in [2.45, 2.75) is 19.5 Å². The van der Waals surface area contributed by atoms with Crippen LogP contribution in [0.5, 0.6) is 5.75 Å². The van der Waals surface area contributed by atoms with Gasteiger partial charge in [0.25, 0.3) is 0 Å². The van der Waals surface area contributed by atoms with Crippen LogP contribution in [0.4, 0.5) is 4.79 Å². The Morgan fingerprint density at radius 1 is 1.04 bits per heavy atom. The summed E-state index contributed by atoms with van der Waals surface area (Å²) in [5, 5.41) is 9.92. The van der Waals surface area contributed by atoms with Crippen molar-refractivity contribution in [2.75, 3.05) is 13.7 Å². The second-order valence-electron chi connectivity index (χ2n) is 6.03. The number of hydrogen-bond donors (Lipinski definition) is 2. The first-order chi connectivity index (χ1) is 13.3. The predicted octanol–water partition coefficient (Wildman–Crippen LogP) is 2.38. The van der Waals surface area contributed by atoms with Crippen LogP contribution >= 0.6 is 0 Å². The lowest BCUT2D eigenvalue weighted by atomic mass is 10.1. The van der Waals surface area contributed by atoms with Crippen molar-refractivity contribution >= 4 is 6.03 Å². The van der Waals surface area contributed by atoms with Gasteiger partial charge in [0.2, 0.25) is 0 Å². The number of amides is 2. The number of ether oxygens (including phenoxy) is 1. The Morgan fingerprint density at radius 2 is 1.78 bits per heavy atom. The van der Waals surface area contributed by atoms with Crippen LogP contribution < -0.4 is 15.4 Å². The molecule has 7 heteroatoms. The molecule has 0 saturated carbocycles. The van der Waals surface area contributed by atoms with E-state index in [-0.39, 0.29) is 6.03 Å². The van der Waals surface area contributed by atoms with E-state index in [1.807, 2.05) is 48.5 Å². The number of urea groups is 1. The lowest BCUT2D eigenvalue weighted by Gasteiger charge is -2.12. The largest absolute Gasteiger partial charge is 0.496 e. The lowest BCUT2D eigenvalue weighted by Crippen LogP contribution is -2.36. The standard InChI is InChI=1S/C20H23N5O2/c1-27-19-9-5-4-6-16(19)10-11-22-20(26)23-12-17-7-2-3-8-18(17)13-25-15-21-14-24-25/h2-9,14-15H,10-13H2,1H3,(H2,22,23,26). The van der Waals surface area contributed by atoms with Gasteiger partial charge >= 0.3 is 6.03 Å². The van der Waals surface area contributed by atoms with Crippen molar-refractivity contribution in [3.05, 3.63) is 77.9 Å². The fourth-order valence-electron chi connectivity index (χ4n) is 2.83. The van der Waals surface area contributed by atoms with Crippen LogP contribution in [0, 0.1) is 0 Å². The SMILES string of the molecule is COc1ccccc1CCNC(=O)NCc1ccccc1Cn1cncn1. The Morgan fingerprint density at radius 3 is 2.52 bits per heavy atom. The number of hydrogen-bond acceptors (Lipinski definition) is 4. The number of aromatic nitrogens is 3.